The zero-order valence-corrected chi connectivity index (χ0v) is 8.08. The van der Waals surface area contributed by atoms with Crippen molar-refractivity contribution in [3.63, 3.8) is 0 Å². The molecule has 80 valence electrons. The highest BCUT2D eigenvalue weighted by molar-refractivity contribution is 5.93. The Morgan fingerprint density at radius 2 is 2.20 bits per heavy atom. The fourth-order valence-electron chi connectivity index (χ4n) is 1.33. The first-order chi connectivity index (χ1) is 7.24. The Hall–Kier alpha value is -1.78. The molecule has 0 spiro atoms. The summed E-state index contributed by atoms with van der Waals surface area (Å²) < 4.78 is 27.9. The van der Waals surface area contributed by atoms with E-state index in [4.69, 9.17) is 14.2 Å². The molecule has 0 N–H and O–H groups in total. The Bertz CT molecular complexity index is 403. The van der Waals surface area contributed by atoms with Crippen molar-refractivity contribution < 1.29 is 23.4 Å². The Labute approximate surface area is 85.6 Å². The van der Waals surface area contributed by atoms with Gasteiger partial charge in [-0.2, -0.15) is 0 Å². The van der Waals surface area contributed by atoms with Crippen LogP contribution in [0, 0.1) is 5.82 Å². The third-order valence-corrected chi connectivity index (χ3v) is 1.97. The number of benzene rings is 1. The zero-order valence-electron chi connectivity index (χ0n) is 8.08. The molecule has 0 amide bonds. The lowest BCUT2D eigenvalue weighted by atomic mass is 10.2. The number of hydrogen-bond donors (Lipinski definition) is 0. The summed E-state index contributed by atoms with van der Waals surface area (Å²) in [6.45, 7) is 1.87. The molecule has 0 radical (unpaired) electrons. The lowest BCUT2D eigenvalue weighted by Crippen LogP contribution is -2.06. The summed E-state index contributed by atoms with van der Waals surface area (Å²) in [6, 6.07) is 2.47. The van der Waals surface area contributed by atoms with Crippen molar-refractivity contribution in [3.8, 4) is 11.5 Å². The van der Waals surface area contributed by atoms with Crippen molar-refractivity contribution in [3.05, 3.63) is 23.5 Å². The minimum Gasteiger partial charge on any atom is -0.462 e. The molecule has 0 unspecified atom stereocenters. The maximum Gasteiger partial charge on any atom is 0.342 e. The third-order valence-electron chi connectivity index (χ3n) is 1.97. The molecule has 1 aromatic carbocycles. The highest BCUT2D eigenvalue weighted by atomic mass is 19.1. The topological polar surface area (TPSA) is 44.8 Å². The number of carbonyl (C=O) groups is 1. The van der Waals surface area contributed by atoms with Crippen LogP contribution >= 0.6 is 0 Å². The van der Waals surface area contributed by atoms with E-state index >= 15 is 0 Å². The van der Waals surface area contributed by atoms with E-state index < -0.39 is 11.8 Å². The van der Waals surface area contributed by atoms with Gasteiger partial charge >= 0.3 is 5.97 Å². The Morgan fingerprint density at radius 1 is 1.47 bits per heavy atom. The van der Waals surface area contributed by atoms with Crippen LogP contribution in [0.2, 0.25) is 0 Å². The Balaban J connectivity index is 2.41. The maximum absolute atomic E-state index is 13.2. The average Bonchev–Trinajstić information content (AvgIpc) is 2.68. The van der Waals surface area contributed by atoms with Crippen molar-refractivity contribution in [1.29, 1.82) is 0 Å². The van der Waals surface area contributed by atoms with Crippen LogP contribution in [0.5, 0.6) is 11.5 Å². The number of fused-ring (bicyclic) bond motifs is 1. The van der Waals surface area contributed by atoms with Gasteiger partial charge in [0, 0.05) is 0 Å². The van der Waals surface area contributed by atoms with E-state index in [0.29, 0.717) is 0 Å². The first-order valence-electron chi connectivity index (χ1n) is 4.49. The molecule has 0 atom stereocenters. The van der Waals surface area contributed by atoms with Crippen LogP contribution in [0.1, 0.15) is 17.3 Å². The molecule has 2 rings (SSSR count). The van der Waals surface area contributed by atoms with Crippen LogP contribution in [0.3, 0.4) is 0 Å². The molecular formula is C10H9FO4. The first-order valence-corrected chi connectivity index (χ1v) is 4.49. The van der Waals surface area contributed by atoms with Crippen LogP contribution in [0.4, 0.5) is 4.39 Å². The van der Waals surface area contributed by atoms with Gasteiger partial charge in [-0.25, -0.2) is 9.18 Å². The molecule has 15 heavy (non-hydrogen) atoms. The van der Waals surface area contributed by atoms with Gasteiger partial charge in [-0.3, -0.25) is 0 Å². The predicted molar refractivity (Wildman–Crippen MR) is 48.5 cm³/mol. The molecule has 1 aliphatic rings. The summed E-state index contributed by atoms with van der Waals surface area (Å²) in [5.74, 6) is -0.996. The lowest BCUT2D eigenvalue weighted by molar-refractivity contribution is 0.0522. The van der Waals surface area contributed by atoms with Crippen LogP contribution in [-0.4, -0.2) is 19.4 Å². The van der Waals surface area contributed by atoms with Gasteiger partial charge in [0.1, 0.15) is 5.56 Å². The van der Waals surface area contributed by atoms with Gasteiger partial charge in [-0.15, -0.1) is 0 Å². The number of hydrogen-bond acceptors (Lipinski definition) is 4. The monoisotopic (exact) mass is 212 g/mol. The fraction of sp³-hybridized carbons (Fsp3) is 0.300. The molecule has 1 aliphatic heterocycles. The van der Waals surface area contributed by atoms with Gasteiger partial charge in [0.15, 0.2) is 11.6 Å². The first kappa shape index (κ1) is 9.76. The second-order valence-corrected chi connectivity index (χ2v) is 2.88. The van der Waals surface area contributed by atoms with E-state index in [1.54, 1.807) is 6.92 Å². The van der Waals surface area contributed by atoms with E-state index in [0.717, 1.165) is 6.07 Å². The normalized spacial score (nSPS) is 12.7. The smallest absolute Gasteiger partial charge is 0.342 e. The molecule has 0 bridgehead atoms. The zero-order chi connectivity index (χ0) is 10.8. The summed E-state index contributed by atoms with van der Waals surface area (Å²) >= 11 is 0. The average molecular weight is 212 g/mol. The summed E-state index contributed by atoms with van der Waals surface area (Å²) in [7, 11) is 0. The number of ether oxygens (including phenoxy) is 3. The minimum absolute atomic E-state index is 0.0273. The molecule has 0 aromatic heterocycles. The quantitative estimate of drug-likeness (QED) is 0.700. The van der Waals surface area contributed by atoms with Crippen LogP contribution in [0.25, 0.3) is 0 Å². The molecule has 0 aliphatic carbocycles. The molecule has 0 saturated heterocycles. The van der Waals surface area contributed by atoms with Crippen LogP contribution in [-0.2, 0) is 4.74 Å². The fourth-order valence-corrected chi connectivity index (χ4v) is 1.33. The van der Waals surface area contributed by atoms with E-state index in [-0.39, 0.29) is 30.5 Å². The van der Waals surface area contributed by atoms with Crippen LogP contribution in [0.15, 0.2) is 12.1 Å². The standard InChI is InChI=1S/C10H9FO4/c1-2-13-10(12)6-3-4-7(11)9-8(6)14-5-15-9/h3-4H,2,5H2,1H3. The Morgan fingerprint density at radius 3 is 2.93 bits per heavy atom. The van der Waals surface area contributed by atoms with Crippen molar-refractivity contribution in [2.24, 2.45) is 0 Å². The van der Waals surface area contributed by atoms with Gasteiger partial charge < -0.3 is 14.2 Å². The highest BCUT2D eigenvalue weighted by Gasteiger charge is 2.26. The number of halogens is 1. The molecule has 0 fully saturated rings. The highest BCUT2D eigenvalue weighted by Crippen LogP contribution is 2.38. The van der Waals surface area contributed by atoms with Gasteiger partial charge in [0.05, 0.1) is 6.61 Å². The molecule has 5 heteroatoms. The molecule has 0 saturated carbocycles. The predicted octanol–water partition coefficient (Wildman–Crippen LogP) is 1.73. The van der Waals surface area contributed by atoms with Gasteiger partial charge in [0.25, 0.3) is 0 Å². The minimum atomic E-state index is -0.546. The van der Waals surface area contributed by atoms with Gasteiger partial charge in [0.2, 0.25) is 12.5 Å². The summed E-state index contributed by atoms with van der Waals surface area (Å²) in [4.78, 5) is 11.4. The van der Waals surface area contributed by atoms with Gasteiger partial charge in [-0.1, -0.05) is 0 Å². The molecule has 1 heterocycles. The second kappa shape index (κ2) is 3.76. The third kappa shape index (κ3) is 1.60. The molecule has 4 nitrogen and oxygen atoms in total. The van der Waals surface area contributed by atoms with Gasteiger partial charge in [-0.05, 0) is 19.1 Å². The maximum atomic E-state index is 13.2. The van der Waals surface area contributed by atoms with Crippen molar-refractivity contribution in [2.45, 2.75) is 6.92 Å². The largest absolute Gasteiger partial charge is 0.462 e. The summed E-state index contributed by atoms with van der Waals surface area (Å²) in [6.07, 6.45) is 0. The molecule has 1 aromatic rings. The van der Waals surface area contributed by atoms with E-state index in [1.807, 2.05) is 0 Å². The number of rotatable bonds is 2. The number of carbonyl (C=O) groups excluding carboxylic acids is 1. The van der Waals surface area contributed by atoms with Crippen molar-refractivity contribution in [2.75, 3.05) is 13.4 Å². The van der Waals surface area contributed by atoms with Crippen molar-refractivity contribution >= 4 is 5.97 Å². The van der Waals surface area contributed by atoms with Crippen LogP contribution < -0.4 is 9.47 Å². The van der Waals surface area contributed by atoms with E-state index in [9.17, 15) is 9.18 Å². The van der Waals surface area contributed by atoms with E-state index in [2.05, 4.69) is 0 Å². The molecular weight excluding hydrogens is 203 g/mol. The van der Waals surface area contributed by atoms with Crippen molar-refractivity contribution in [1.82, 2.24) is 0 Å². The van der Waals surface area contributed by atoms with E-state index in [1.165, 1.54) is 6.07 Å². The Kier molecular flexibility index (Phi) is 2.45. The number of esters is 1. The second-order valence-electron chi connectivity index (χ2n) is 2.88. The SMILES string of the molecule is CCOC(=O)c1ccc(F)c2c1OCO2. The summed E-state index contributed by atoms with van der Waals surface area (Å²) in [5.41, 5.74) is 0.186. The lowest BCUT2D eigenvalue weighted by Gasteiger charge is -2.05. The summed E-state index contributed by atoms with van der Waals surface area (Å²) in [5, 5.41) is 0.